The van der Waals surface area contributed by atoms with Crippen LogP contribution in [0.1, 0.15) is 35.5 Å². The van der Waals surface area contributed by atoms with Crippen LogP contribution < -0.4 is 9.80 Å². The molecule has 3 aliphatic rings. The normalized spacial score (nSPS) is 20.7. The molecule has 43 heavy (non-hydrogen) atoms. The lowest BCUT2D eigenvalue weighted by molar-refractivity contribution is -0.128. The number of piperazine rings is 1. The fourth-order valence-electron chi connectivity index (χ4n) is 6.89. The number of benzene rings is 2. The summed E-state index contributed by atoms with van der Waals surface area (Å²) < 4.78 is 6.23. The number of likely N-dealkylation sites (tertiary alicyclic amines) is 1. The Labute approximate surface area is 254 Å². The summed E-state index contributed by atoms with van der Waals surface area (Å²) in [5.41, 5.74) is 4.74. The summed E-state index contributed by atoms with van der Waals surface area (Å²) in [6.45, 7) is 11.8. The zero-order chi connectivity index (χ0) is 29.9. The molecule has 2 aromatic carbocycles. The number of carbonyl (C=O) groups excluding carboxylic acids is 1. The van der Waals surface area contributed by atoms with Crippen LogP contribution in [-0.4, -0.2) is 90.7 Å². The molecule has 9 heteroatoms. The predicted octanol–water partition coefficient (Wildman–Crippen LogP) is 3.88. The Bertz CT molecular complexity index is 1540. The number of likely N-dealkylation sites (N-methyl/N-ethyl adjacent to an activating group) is 1. The first-order valence-electron chi connectivity index (χ1n) is 15.4. The zero-order valence-electron chi connectivity index (χ0n) is 25.3. The lowest BCUT2D eigenvalue weighted by atomic mass is 9.99. The third-order valence-electron chi connectivity index (χ3n) is 9.12. The number of carbonyl (C=O) groups is 1. The molecule has 9 nitrogen and oxygen atoms in total. The van der Waals surface area contributed by atoms with Gasteiger partial charge in [0.1, 0.15) is 11.6 Å². The Balaban J connectivity index is 1.31. The number of nitriles is 1. The molecule has 3 aromatic rings. The lowest BCUT2D eigenvalue weighted by Crippen LogP contribution is -2.55. The van der Waals surface area contributed by atoms with Crippen LogP contribution in [0, 0.1) is 18.3 Å². The minimum atomic E-state index is -0.209. The van der Waals surface area contributed by atoms with Crippen molar-refractivity contribution in [3.8, 4) is 6.07 Å². The maximum absolute atomic E-state index is 12.5. The van der Waals surface area contributed by atoms with Gasteiger partial charge in [-0.1, -0.05) is 36.9 Å². The molecule has 0 radical (unpaired) electrons. The van der Waals surface area contributed by atoms with Crippen molar-refractivity contribution in [3.05, 3.63) is 71.7 Å². The highest BCUT2D eigenvalue weighted by atomic mass is 16.5. The number of hydrogen-bond acceptors (Lipinski definition) is 8. The highest BCUT2D eigenvalue weighted by molar-refractivity contribution is 5.97. The lowest BCUT2D eigenvalue weighted by Gasteiger charge is -2.42. The second-order valence-electron chi connectivity index (χ2n) is 12.0. The molecule has 224 valence electrons. The Morgan fingerprint density at radius 3 is 2.72 bits per heavy atom. The van der Waals surface area contributed by atoms with Gasteiger partial charge in [-0.25, -0.2) is 9.97 Å². The first kappa shape index (κ1) is 29.1. The van der Waals surface area contributed by atoms with E-state index in [1.54, 1.807) is 4.90 Å². The van der Waals surface area contributed by atoms with Gasteiger partial charge in [0, 0.05) is 62.3 Å². The highest BCUT2D eigenvalue weighted by Crippen LogP contribution is 2.35. The molecular formula is C34H41N7O2. The van der Waals surface area contributed by atoms with Crippen LogP contribution in [0.3, 0.4) is 0 Å². The van der Waals surface area contributed by atoms with Crippen LogP contribution in [0.25, 0.3) is 10.8 Å². The topological polar surface area (TPSA) is 88.8 Å². The number of anilines is 2. The predicted molar refractivity (Wildman–Crippen MR) is 169 cm³/mol. The van der Waals surface area contributed by atoms with Crippen molar-refractivity contribution >= 4 is 28.2 Å². The van der Waals surface area contributed by atoms with E-state index < -0.39 is 0 Å². The molecular weight excluding hydrogens is 538 g/mol. The first-order valence-corrected chi connectivity index (χ1v) is 15.4. The monoisotopic (exact) mass is 579 g/mol. The van der Waals surface area contributed by atoms with E-state index in [2.05, 4.69) is 77.7 Å². The van der Waals surface area contributed by atoms with Crippen molar-refractivity contribution in [2.45, 2.75) is 51.3 Å². The minimum Gasteiger partial charge on any atom is -0.376 e. The van der Waals surface area contributed by atoms with E-state index >= 15 is 0 Å². The van der Waals surface area contributed by atoms with E-state index in [1.807, 2.05) is 0 Å². The van der Waals surface area contributed by atoms with Crippen molar-refractivity contribution in [1.29, 1.82) is 5.26 Å². The molecule has 0 bridgehead atoms. The van der Waals surface area contributed by atoms with Crippen LogP contribution in [0.4, 0.5) is 11.5 Å². The van der Waals surface area contributed by atoms with Crippen molar-refractivity contribution < 1.29 is 9.53 Å². The van der Waals surface area contributed by atoms with Gasteiger partial charge >= 0.3 is 0 Å². The molecule has 2 fully saturated rings. The fraction of sp³-hybridized carbons (Fsp3) is 0.471. The van der Waals surface area contributed by atoms with Crippen LogP contribution in [0.2, 0.25) is 0 Å². The van der Waals surface area contributed by atoms with Crippen molar-refractivity contribution in [2.75, 3.05) is 62.7 Å². The number of aromatic nitrogens is 2. The van der Waals surface area contributed by atoms with E-state index in [0.29, 0.717) is 39.2 Å². The second kappa shape index (κ2) is 12.7. The summed E-state index contributed by atoms with van der Waals surface area (Å²) in [5.74, 6) is 1.61. The average Bonchev–Trinajstić information content (AvgIpc) is 3.44. The van der Waals surface area contributed by atoms with Crippen LogP contribution in [0.15, 0.2) is 49.1 Å². The maximum Gasteiger partial charge on any atom is 0.246 e. The average molecular weight is 580 g/mol. The third-order valence-corrected chi connectivity index (χ3v) is 9.12. The molecule has 2 saturated heterocycles. The quantitative estimate of drug-likeness (QED) is 0.372. The molecule has 0 saturated carbocycles. The Hall–Kier alpha value is -4.00. The number of fused-ring (bicyclic) bond motifs is 2. The van der Waals surface area contributed by atoms with Gasteiger partial charge in [0.2, 0.25) is 5.91 Å². The van der Waals surface area contributed by atoms with E-state index in [1.165, 1.54) is 33.7 Å². The number of rotatable bonds is 8. The Morgan fingerprint density at radius 2 is 1.95 bits per heavy atom. The molecule has 0 spiro atoms. The molecule has 0 aliphatic carbocycles. The second-order valence-corrected chi connectivity index (χ2v) is 12.0. The standard InChI is InChI=1S/C34H41N7O2/c1-4-32(42)41-19-18-40(21-26(41)11-15-35)34-28-13-17-39(30-10-6-9-25-8-5-7-24(2)33(25)30)23-29(28)36-31(37-34)14-20-43-27-12-16-38(3)22-27/h4-10,26-27H,1,11-14,16-23H2,2-3H3/t26-,27-/m0/s1. The van der Waals surface area contributed by atoms with Crippen molar-refractivity contribution in [3.63, 3.8) is 0 Å². The Morgan fingerprint density at radius 1 is 1.12 bits per heavy atom. The van der Waals surface area contributed by atoms with Crippen LogP contribution in [-0.2, 0) is 28.9 Å². The largest absolute Gasteiger partial charge is 0.376 e. The van der Waals surface area contributed by atoms with Gasteiger partial charge in [0.05, 0.1) is 43.5 Å². The summed E-state index contributed by atoms with van der Waals surface area (Å²) in [4.78, 5) is 31.6. The van der Waals surface area contributed by atoms with Gasteiger partial charge in [-0.15, -0.1) is 0 Å². The highest BCUT2D eigenvalue weighted by Gasteiger charge is 2.33. The van der Waals surface area contributed by atoms with Gasteiger partial charge in [-0.05, 0) is 49.9 Å². The van der Waals surface area contributed by atoms with Gasteiger partial charge in [-0.2, -0.15) is 5.26 Å². The smallest absolute Gasteiger partial charge is 0.246 e. The summed E-state index contributed by atoms with van der Waals surface area (Å²) in [6, 6.07) is 15.1. The zero-order valence-corrected chi connectivity index (χ0v) is 25.3. The third kappa shape index (κ3) is 6.08. The van der Waals surface area contributed by atoms with Gasteiger partial charge in [0.25, 0.3) is 0 Å². The molecule has 3 aliphatic heterocycles. The van der Waals surface area contributed by atoms with Crippen LogP contribution in [0.5, 0.6) is 0 Å². The van der Waals surface area contributed by atoms with Crippen molar-refractivity contribution in [2.24, 2.45) is 0 Å². The summed E-state index contributed by atoms with van der Waals surface area (Å²) in [5, 5.41) is 12.1. The minimum absolute atomic E-state index is 0.124. The maximum atomic E-state index is 12.5. The van der Waals surface area contributed by atoms with Gasteiger partial charge in [-0.3, -0.25) is 4.79 Å². The van der Waals surface area contributed by atoms with Gasteiger partial charge < -0.3 is 24.3 Å². The summed E-state index contributed by atoms with van der Waals surface area (Å²) >= 11 is 0. The summed E-state index contributed by atoms with van der Waals surface area (Å²) in [7, 11) is 2.13. The molecule has 6 rings (SSSR count). The number of amides is 1. The number of aryl methyl sites for hydroxylation is 1. The molecule has 0 unspecified atom stereocenters. The molecule has 4 heterocycles. The van der Waals surface area contributed by atoms with E-state index in [-0.39, 0.29) is 24.5 Å². The summed E-state index contributed by atoms with van der Waals surface area (Å²) in [6.07, 6.45) is 4.40. The van der Waals surface area contributed by atoms with Crippen molar-refractivity contribution in [1.82, 2.24) is 19.8 Å². The molecule has 0 N–H and O–H groups in total. The van der Waals surface area contributed by atoms with Crippen LogP contribution >= 0.6 is 0 Å². The van der Waals surface area contributed by atoms with E-state index in [0.717, 1.165) is 49.8 Å². The first-order chi connectivity index (χ1) is 20.9. The van der Waals surface area contributed by atoms with Gasteiger partial charge in [0.15, 0.2) is 0 Å². The molecule has 2 atom stereocenters. The van der Waals surface area contributed by atoms with E-state index in [4.69, 9.17) is 14.7 Å². The number of ether oxygens (including phenoxy) is 1. The fourth-order valence-corrected chi connectivity index (χ4v) is 6.89. The number of nitrogens with zero attached hydrogens (tertiary/aromatic N) is 7. The number of hydrogen-bond donors (Lipinski definition) is 0. The molecule has 1 amide bonds. The van der Waals surface area contributed by atoms with E-state index in [9.17, 15) is 10.1 Å². The Kier molecular flexibility index (Phi) is 8.59. The molecule has 1 aromatic heterocycles. The SMILES string of the molecule is C=CC(=O)N1CCN(c2nc(CCO[C@H]3CCN(C)C3)nc3c2CCN(c2cccc4cccc(C)c24)C3)C[C@@H]1CC#N.